The zero-order valence-electron chi connectivity index (χ0n) is 15.1. The van der Waals surface area contributed by atoms with Crippen molar-refractivity contribution < 1.29 is 14.3 Å². The van der Waals surface area contributed by atoms with E-state index in [4.69, 9.17) is 9.47 Å². The highest BCUT2D eigenvalue weighted by Crippen LogP contribution is 2.07. The van der Waals surface area contributed by atoms with Crippen molar-refractivity contribution in [3.63, 3.8) is 0 Å². The minimum Gasteiger partial charge on any atom is -0.444 e. The molecule has 1 N–H and O–H groups in total. The highest BCUT2D eigenvalue weighted by atomic mass is 16.6. The molecular formula is C17H31N3O3. The van der Waals surface area contributed by atoms with Gasteiger partial charge in [0.1, 0.15) is 5.60 Å². The van der Waals surface area contributed by atoms with Crippen LogP contribution in [-0.2, 0) is 22.4 Å². The smallest absolute Gasteiger partial charge is 0.407 e. The fraction of sp³-hybridized carbons (Fsp3) is 0.765. The van der Waals surface area contributed by atoms with Gasteiger partial charge in [-0.25, -0.2) is 9.78 Å². The summed E-state index contributed by atoms with van der Waals surface area (Å²) in [6.07, 6.45) is 6.42. The summed E-state index contributed by atoms with van der Waals surface area (Å²) in [7, 11) is 0. The van der Waals surface area contributed by atoms with Crippen LogP contribution in [0.2, 0.25) is 0 Å². The molecule has 0 aromatic carbocycles. The van der Waals surface area contributed by atoms with Crippen molar-refractivity contribution in [3.8, 4) is 0 Å². The van der Waals surface area contributed by atoms with Crippen LogP contribution in [0.1, 0.15) is 53.2 Å². The van der Waals surface area contributed by atoms with Crippen molar-refractivity contribution in [2.75, 3.05) is 13.2 Å². The standard InChI is InChI=1S/C17H31N3O3/c1-14(2)22-11-7-6-10-20-13-18-12-15(20)8-9-19-16(21)23-17(3,4)5/h12-14H,6-11H2,1-5H3,(H,19,21). The SMILES string of the molecule is CC(C)OCCCCn1cncc1CCNC(=O)OC(C)(C)C. The number of aryl methyl sites for hydroxylation is 1. The zero-order valence-corrected chi connectivity index (χ0v) is 15.1. The van der Waals surface area contributed by atoms with Crippen molar-refractivity contribution in [2.24, 2.45) is 0 Å². The van der Waals surface area contributed by atoms with E-state index in [0.29, 0.717) is 6.54 Å². The molecule has 0 atom stereocenters. The summed E-state index contributed by atoms with van der Waals surface area (Å²) in [5.74, 6) is 0. The molecule has 0 unspecified atom stereocenters. The normalized spacial score (nSPS) is 11.7. The highest BCUT2D eigenvalue weighted by Gasteiger charge is 2.15. The molecule has 1 aromatic rings. The van der Waals surface area contributed by atoms with Crippen LogP contribution in [0.5, 0.6) is 0 Å². The fourth-order valence-electron chi connectivity index (χ4n) is 2.07. The molecule has 0 aliphatic heterocycles. The molecule has 0 fully saturated rings. The number of rotatable bonds is 9. The highest BCUT2D eigenvalue weighted by molar-refractivity contribution is 5.67. The van der Waals surface area contributed by atoms with Crippen LogP contribution in [0, 0.1) is 0 Å². The van der Waals surface area contributed by atoms with E-state index in [1.807, 2.05) is 47.1 Å². The molecule has 1 amide bonds. The zero-order chi connectivity index (χ0) is 17.3. The minimum absolute atomic E-state index is 0.290. The maximum absolute atomic E-state index is 11.6. The number of amides is 1. The molecule has 6 heteroatoms. The maximum Gasteiger partial charge on any atom is 0.407 e. The first kappa shape index (κ1) is 19.5. The van der Waals surface area contributed by atoms with Crippen LogP contribution in [-0.4, -0.2) is 40.5 Å². The Labute approximate surface area is 139 Å². The Balaban J connectivity index is 2.25. The van der Waals surface area contributed by atoms with E-state index < -0.39 is 5.60 Å². The van der Waals surface area contributed by atoms with Gasteiger partial charge in [-0.05, 0) is 47.5 Å². The number of nitrogens with one attached hydrogen (secondary N) is 1. The van der Waals surface area contributed by atoms with Crippen LogP contribution >= 0.6 is 0 Å². The molecule has 1 aromatic heterocycles. The number of ether oxygens (including phenoxy) is 2. The van der Waals surface area contributed by atoms with E-state index in [2.05, 4.69) is 14.9 Å². The summed E-state index contributed by atoms with van der Waals surface area (Å²) in [6, 6.07) is 0. The second-order valence-corrected chi connectivity index (χ2v) is 6.88. The van der Waals surface area contributed by atoms with E-state index in [1.165, 1.54) is 0 Å². The second kappa shape index (κ2) is 9.55. The van der Waals surface area contributed by atoms with Gasteiger partial charge >= 0.3 is 6.09 Å². The van der Waals surface area contributed by atoms with Crippen molar-refractivity contribution in [2.45, 2.75) is 72.1 Å². The third-order valence-corrected chi connectivity index (χ3v) is 3.09. The lowest BCUT2D eigenvalue weighted by Gasteiger charge is -2.19. The van der Waals surface area contributed by atoms with E-state index in [1.54, 1.807) is 0 Å². The average Bonchev–Trinajstić information content (AvgIpc) is 2.83. The number of aromatic nitrogens is 2. The lowest BCUT2D eigenvalue weighted by molar-refractivity contribution is 0.0528. The third-order valence-electron chi connectivity index (χ3n) is 3.09. The van der Waals surface area contributed by atoms with Gasteiger partial charge in [-0.2, -0.15) is 0 Å². The number of nitrogens with zero attached hydrogens (tertiary/aromatic N) is 2. The number of imidazole rings is 1. The lowest BCUT2D eigenvalue weighted by Crippen LogP contribution is -2.33. The molecule has 132 valence electrons. The van der Waals surface area contributed by atoms with Crippen LogP contribution in [0.3, 0.4) is 0 Å². The van der Waals surface area contributed by atoms with Crippen molar-refractivity contribution in [1.82, 2.24) is 14.9 Å². The fourth-order valence-corrected chi connectivity index (χ4v) is 2.07. The number of hydrogen-bond donors (Lipinski definition) is 1. The summed E-state index contributed by atoms with van der Waals surface area (Å²) in [5.41, 5.74) is 0.648. The molecule has 23 heavy (non-hydrogen) atoms. The number of alkyl carbamates (subject to hydrolysis) is 1. The topological polar surface area (TPSA) is 65.4 Å². The summed E-state index contributed by atoms with van der Waals surface area (Å²) in [4.78, 5) is 15.8. The summed E-state index contributed by atoms with van der Waals surface area (Å²) >= 11 is 0. The molecule has 1 heterocycles. The van der Waals surface area contributed by atoms with Gasteiger partial charge in [0.15, 0.2) is 0 Å². The Bertz CT molecular complexity index is 464. The van der Waals surface area contributed by atoms with Gasteiger partial charge in [0.05, 0.1) is 12.4 Å². The summed E-state index contributed by atoms with van der Waals surface area (Å²) in [5, 5.41) is 2.77. The van der Waals surface area contributed by atoms with Gasteiger partial charge in [0, 0.05) is 38.0 Å². The Kier molecular flexibility index (Phi) is 8.09. The van der Waals surface area contributed by atoms with E-state index in [9.17, 15) is 4.79 Å². The Morgan fingerprint density at radius 1 is 1.35 bits per heavy atom. The number of unbranched alkanes of at least 4 members (excludes halogenated alkanes) is 1. The van der Waals surface area contributed by atoms with Crippen LogP contribution < -0.4 is 5.32 Å². The van der Waals surface area contributed by atoms with Crippen molar-refractivity contribution in [1.29, 1.82) is 0 Å². The average molecular weight is 325 g/mol. The minimum atomic E-state index is -0.468. The Morgan fingerprint density at radius 2 is 2.09 bits per heavy atom. The quantitative estimate of drug-likeness (QED) is 0.708. The van der Waals surface area contributed by atoms with Gasteiger partial charge in [-0.3, -0.25) is 0 Å². The summed E-state index contributed by atoms with van der Waals surface area (Å²) in [6.45, 7) is 11.9. The van der Waals surface area contributed by atoms with Gasteiger partial charge in [0.25, 0.3) is 0 Å². The Morgan fingerprint density at radius 3 is 2.74 bits per heavy atom. The first-order chi connectivity index (χ1) is 10.8. The van der Waals surface area contributed by atoms with E-state index in [0.717, 1.165) is 38.1 Å². The molecule has 1 rings (SSSR count). The van der Waals surface area contributed by atoms with Crippen LogP contribution in [0.4, 0.5) is 4.79 Å². The Hall–Kier alpha value is -1.56. The molecule has 0 aliphatic carbocycles. The number of carbonyl (C=O) groups is 1. The third kappa shape index (κ3) is 9.23. The molecule has 6 nitrogen and oxygen atoms in total. The molecule has 0 spiro atoms. The van der Waals surface area contributed by atoms with E-state index >= 15 is 0 Å². The van der Waals surface area contributed by atoms with Gasteiger partial charge in [-0.15, -0.1) is 0 Å². The van der Waals surface area contributed by atoms with Crippen molar-refractivity contribution >= 4 is 6.09 Å². The number of hydrogen-bond acceptors (Lipinski definition) is 4. The molecule has 0 bridgehead atoms. The largest absolute Gasteiger partial charge is 0.444 e. The molecule has 0 aliphatic rings. The predicted molar refractivity (Wildman–Crippen MR) is 90.5 cm³/mol. The van der Waals surface area contributed by atoms with Crippen molar-refractivity contribution in [3.05, 3.63) is 18.2 Å². The molecule has 0 saturated heterocycles. The molecular weight excluding hydrogens is 294 g/mol. The first-order valence-corrected chi connectivity index (χ1v) is 8.35. The summed E-state index contributed by atoms with van der Waals surface area (Å²) < 4.78 is 12.9. The van der Waals surface area contributed by atoms with Gasteiger partial charge < -0.3 is 19.4 Å². The van der Waals surface area contributed by atoms with Gasteiger partial charge in [-0.1, -0.05) is 0 Å². The molecule has 0 radical (unpaired) electrons. The first-order valence-electron chi connectivity index (χ1n) is 8.35. The van der Waals surface area contributed by atoms with Crippen LogP contribution in [0.25, 0.3) is 0 Å². The maximum atomic E-state index is 11.6. The number of carbonyl (C=O) groups excluding carboxylic acids is 1. The van der Waals surface area contributed by atoms with Gasteiger partial charge in [0.2, 0.25) is 0 Å². The second-order valence-electron chi connectivity index (χ2n) is 6.88. The predicted octanol–water partition coefficient (Wildman–Crippen LogP) is 3.16. The molecule has 0 saturated carbocycles. The monoisotopic (exact) mass is 325 g/mol. The van der Waals surface area contributed by atoms with E-state index in [-0.39, 0.29) is 12.2 Å². The van der Waals surface area contributed by atoms with Crippen LogP contribution in [0.15, 0.2) is 12.5 Å². The lowest BCUT2D eigenvalue weighted by atomic mass is 10.2.